The lowest BCUT2D eigenvalue weighted by Crippen LogP contribution is -2.42. The molecular formula is C18H22FNO4S. The van der Waals surface area contributed by atoms with Crippen molar-refractivity contribution in [2.45, 2.75) is 30.8 Å². The molecule has 0 amide bonds. The van der Waals surface area contributed by atoms with Crippen LogP contribution in [0.15, 0.2) is 47.4 Å². The van der Waals surface area contributed by atoms with Gasteiger partial charge in [-0.05, 0) is 55.3 Å². The van der Waals surface area contributed by atoms with Gasteiger partial charge in [-0.2, -0.15) is 0 Å². The van der Waals surface area contributed by atoms with Gasteiger partial charge in [0.2, 0.25) is 10.0 Å². The lowest BCUT2D eigenvalue weighted by atomic mass is 9.97. The molecule has 1 unspecified atom stereocenters. The Morgan fingerprint density at radius 1 is 1.20 bits per heavy atom. The van der Waals surface area contributed by atoms with Crippen LogP contribution < -0.4 is 9.46 Å². The van der Waals surface area contributed by atoms with E-state index in [0.717, 1.165) is 17.7 Å². The molecule has 25 heavy (non-hydrogen) atoms. The average Bonchev–Trinajstić information content (AvgIpc) is 2.53. The van der Waals surface area contributed by atoms with E-state index in [1.165, 1.54) is 13.0 Å². The summed E-state index contributed by atoms with van der Waals surface area (Å²) < 4.78 is 45.4. The summed E-state index contributed by atoms with van der Waals surface area (Å²) in [7, 11) is -2.27. The Balaban J connectivity index is 2.06. The number of rotatable bonds is 7. The minimum Gasteiger partial charge on any atom is -0.497 e. The van der Waals surface area contributed by atoms with Crippen molar-refractivity contribution < 1.29 is 22.7 Å². The van der Waals surface area contributed by atoms with E-state index in [0.29, 0.717) is 11.3 Å². The maximum Gasteiger partial charge on any atom is 0.240 e. The first-order valence-corrected chi connectivity index (χ1v) is 9.22. The molecule has 0 spiro atoms. The van der Waals surface area contributed by atoms with Crippen molar-refractivity contribution in [3.05, 3.63) is 59.4 Å². The van der Waals surface area contributed by atoms with Crippen molar-refractivity contribution >= 4 is 10.0 Å². The second-order valence-electron chi connectivity index (χ2n) is 6.26. The van der Waals surface area contributed by atoms with Crippen molar-refractivity contribution in [1.29, 1.82) is 0 Å². The van der Waals surface area contributed by atoms with Crippen LogP contribution in [0, 0.1) is 12.7 Å². The van der Waals surface area contributed by atoms with E-state index in [2.05, 4.69) is 4.72 Å². The quantitative estimate of drug-likeness (QED) is 0.788. The number of aryl methyl sites for hydroxylation is 1. The monoisotopic (exact) mass is 367 g/mol. The van der Waals surface area contributed by atoms with Gasteiger partial charge < -0.3 is 9.84 Å². The molecule has 0 aliphatic carbocycles. The maximum absolute atomic E-state index is 13.1. The number of sulfonamides is 1. The number of ether oxygens (including phenoxy) is 1. The summed E-state index contributed by atoms with van der Waals surface area (Å²) in [5.74, 6) is 0.207. The predicted octanol–water partition coefficient (Wildman–Crippen LogP) is 2.41. The third-order valence-corrected chi connectivity index (χ3v) is 5.37. The minimum atomic E-state index is -3.84. The molecule has 0 heterocycles. The molecular weight excluding hydrogens is 345 g/mol. The first kappa shape index (κ1) is 19.4. The van der Waals surface area contributed by atoms with Gasteiger partial charge in [-0.3, -0.25) is 0 Å². The fourth-order valence-electron chi connectivity index (χ4n) is 2.49. The van der Waals surface area contributed by atoms with Crippen LogP contribution in [0.2, 0.25) is 0 Å². The Morgan fingerprint density at radius 2 is 1.84 bits per heavy atom. The molecule has 1 atom stereocenters. The summed E-state index contributed by atoms with van der Waals surface area (Å²) in [5.41, 5.74) is -0.125. The van der Waals surface area contributed by atoms with Crippen LogP contribution in [-0.2, 0) is 16.4 Å². The molecule has 0 saturated carbocycles. The van der Waals surface area contributed by atoms with Gasteiger partial charge in [0.15, 0.2) is 0 Å². The second-order valence-corrected chi connectivity index (χ2v) is 7.99. The molecule has 7 heteroatoms. The zero-order chi connectivity index (χ0) is 18.7. The Morgan fingerprint density at radius 3 is 2.40 bits per heavy atom. The van der Waals surface area contributed by atoms with E-state index in [4.69, 9.17) is 4.74 Å². The van der Waals surface area contributed by atoms with Crippen molar-refractivity contribution in [1.82, 2.24) is 4.72 Å². The van der Waals surface area contributed by atoms with Crippen LogP contribution in [0.1, 0.15) is 18.1 Å². The predicted molar refractivity (Wildman–Crippen MR) is 93.6 cm³/mol. The summed E-state index contributed by atoms with van der Waals surface area (Å²) in [5, 5.41) is 10.5. The molecule has 2 N–H and O–H groups in total. The number of benzene rings is 2. The SMILES string of the molecule is COc1ccc(CC(C)(O)CNS(=O)(=O)c2ccc(F)cc2C)cc1. The van der Waals surface area contributed by atoms with Crippen molar-refractivity contribution in [3.63, 3.8) is 0 Å². The van der Waals surface area contributed by atoms with Gasteiger partial charge in [0.05, 0.1) is 17.6 Å². The molecule has 136 valence electrons. The molecule has 0 saturated heterocycles. The standard InChI is InChI=1S/C18H22FNO4S/c1-13-10-15(19)6-9-17(13)25(22,23)20-12-18(2,21)11-14-4-7-16(24-3)8-5-14/h4-10,20-21H,11-12H2,1-3H3. The van der Waals surface area contributed by atoms with E-state index >= 15 is 0 Å². The smallest absolute Gasteiger partial charge is 0.240 e. The van der Waals surface area contributed by atoms with Crippen LogP contribution in [0.5, 0.6) is 5.75 Å². The average molecular weight is 367 g/mol. The molecule has 2 rings (SSSR count). The highest BCUT2D eigenvalue weighted by Gasteiger charge is 2.25. The topological polar surface area (TPSA) is 75.6 Å². The number of methoxy groups -OCH3 is 1. The molecule has 0 fully saturated rings. The van der Waals surface area contributed by atoms with Crippen molar-refractivity contribution in [2.75, 3.05) is 13.7 Å². The van der Waals surface area contributed by atoms with Gasteiger partial charge in [-0.25, -0.2) is 17.5 Å². The lowest BCUT2D eigenvalue weighted by Gasteiger charge is -2.24. The summed E-state index contributed by atoms with van der Waals surface area (Å²) in [6, 6.07) is 10.6. The van der Waals surface area contributed by atoms with Gasteiger partial charge in [-0.15, -0.1) is 0 Å². The zero-order valence-corrected chi connectivity index (χ0v) is 15.2. The molecule has 0 aliphatic heterocycles. The fourth-order valence-corrected chi connectivity index (χ4v) is 3.87. The summed E-state index contributed by atoms with van der Waals surface area (Å²) >= 11 is 0. The Kier molecular flexibility index (Phi) is 5.82. The zero-order valence-electron chi connectivity index (χ0n) is 14.4. The van der Waals surface area contributed by atoms with Crippen molar-refractivity contribution in [3.8, 4) is 5.75 Å². The van der Waals surface area contributed by atoms with Crippen LogP contribution in [0.4, 0.5) is 4.39 Å². The van der Waals surface area contributed by atoms with Crippen LogP contribution in [0.25, 0.3) is 0 Å². The minimum absolute atomic E-state index is 0.00542. The van der Waals surface area contributed by atoms with Gasteiger partial charge in [0.1, 0.15) is 11.6 Å². The summed E-state index contributed by atoms with van der Waals surface area (Å²) in [4.78, 5) is -0.00542. The van der Waals surface area contributed by atoms with E-state index in [-0.39, 0.29) is 17.9 Å². The van der Waals surface area contributed by atoms with E-state index in [9.17, 15) is 17.9 Å². The normalized spacial score (nSPS) is 14.1. The summed E-state index contributed by atoms with van der Waals surface area (Å²) in [6.07, 6.45) is 0.266. The molecule has 2 aromatic carbocycles. The van der Waals surface area contributed by atoms with Gasteiger partial charge in [0, 0.05) is 13.0 Å². The Labute approximate surface area is 147 Å². The molecule has 0 radical (unpaired) electrons. The highest BCUT2D eigenvalue weighted by atomic mass is 32.2. The third kappa shape index (κ3) is 5.26. The van der Waals surface area contributed by atoms with Crippen LogP contribution in [0.3, 0.4) is 0 Å². The maximum atomic E-state index is 13.1. The Bertz CT molecular complexity index is 833. The van der Waals surface area contributed by atoms with E-state index < -0.39 is 21.4 Å². The number of halogens is 1. The first-order chi connectivity index (χ1) is 11.6. The van der Waals surface area contributed by atoms with Gasteiger partial charge in [0.25, 0.3) is 0 Å². The molecule has 0 aromatic heterocycles. The highest BCUT2D eigenvalue weighted by molar-refractivity contribution is 7.89. The van der Waals surface area contributed by atoms with Crippen LogP contribution in [-0.4, -0.2) is 32.8 Å². The fraction of sp³-hybridized carbons (Fsp3) is 0.333. The van der Waals surface area contributed by atoms with Crippen LogP contribution >= 0.6 is 0 Å². The first-order valence-electron chi connectivity index (χ1n) is 7.74. The number of aliphatic hydroxyl groups is 1. The highest BCUT2D eigenvalue weighted by Crippen LogP contribution is 2.19. The largest absolute Gasteiger partial charge is 0.497 e. The van der Waals surface area contributed by atoms with E-state index in [1.54, 1.807) is 26.2 Å². The molecule has 2 aromatic rings. The van der Waals surface area contributed by atoms with Gasteiger partial charge >= 0.3 is 0 Å². The van der Waals surface area contributed by atoms with E-state index in [1.807, 2.05) is 12.1 Å². The third-order valence-electron chi connectivity index (χ3n) is 3.81. The Hall–Kier alpha value is -1.96. The second kappa shape index (κ2) is 7.51. The molecule has 0 aliphatic rings. The molecule has 5 nitrogen and oxygen atoms in total. The molecule has 0 bridgehead atoms. The lowest BCUT2D eigenvalue weighted by molar-refractivity contribution is 0.0657. The number of hydrogen-bond donors (Lipinski definition) is 2. The number of nitrogens with one attached hydrogen (secondary N) is 1. The van der Waals surface area contributed by atoms with Gasteiger partial charge in [-0.1, -0.05) is 12.1 Å². The number of hydrogen-bond acceptors (Lipinski definition) is 4. The van der Waals surface area contributed by atoms with Crippen molar-refractivity contribution in [2.24, 2.45) is 0 Å². The summed E-state index contributed by atoms with van der Waals surface area (Å²) in [6.45, 7) is 2.91.